The zero-order valence-corrected chi connectivity index (χ0v) is 7.36. The Bertz CT molecular complexity index is 257. The lowest BCUT2D eigenvalue weighted by molar-refractivity contribution is -0.137. The third kappa shape index (κ3) is 3.29. The molecule has 1 aromatic rings. The van der Waals surface area contributed by atoms with Crippen LogP contribution in [0.15, 0.2) is 18.5 Å². The van der Waals surface area contributed by atoms with E-state index in [0.717, 1.165) is 5.56 Å². The molecule has 0 fully saturated rings. The van der Waals surface area contributed by atoms with E-state index in [2.05, 4.69) is 4.98 Å². The van der Waals surface area contributed by atoms with Crippen molar-refractivity contribution >= 4 is 5.97 Å². The Morgan fingerprint density at radius 2 is 2.46 bits per heavy atom. The van der Waals surface area contributed by atoms with Gasteiger partial charge in [-0.2, -0.15) is 0 Å². The molecule has 0 aromatic carbocycles. The van der Waals surface area contributed by atoms with E-state index in [1.54, 1.807) is 0 Å². The first-order chi connectivity index (χ1) is 6.20. The average molecular weight is 182 g/mol. The molecule has 1 heterocycles. The summed E-state index contributed by atoms with van der Waals surface area (Å²) in [6, 6.07) is 1.86. The number of aromatic nitrogens is 1. The molecule has 1 aromatic heterocycles. The first kappa shape index (κ1) is 9.80. The molecule has 0 aliphatic rings. The van der Waals surface area contributed by atoms with Crippen LogP contribution in [0.2, 0.25) is 0 Å². The minimum Gasteiger partial charge on any atom is -0.481 e. The van der Waals surface area contributed by atoms with Crippen LogP contribution < -0.4 is 5.73 Å². The summed E-state index contributed by atoms with van der Waals surface area (Å²) in [6.07, 6.45) is 5.18. The first-order valence-electron chi connectivity index (χ1n) is 4.30. The van der Waals surface area contributed by atoms with Crippen LogP contribution in [0, 0.1) is 0 Å². The van der Waals surface area contributed by atoms with Gasteiger partial charge >= 0.3 is 5.97 Å². The molecule has 0 aliphatic carbocycles. The molecule has 1 unspecified atom stereocenters. The molecule has 0 aliphatic heterocycles. The van der Waals surface area contributed by atoms with E-state index in [1.807, 2.05) is 18.5 Å². The summed E-state index contributed by atoms with van der Waals surface area (Å²) in [7, 11) is 0. The van der Waals surface area contributed by atoms with Crippen molar-refractivity contribution in [1.82, 2.24) is 4.98 Å². The highest BCUT2D eigenvalue weighted by Crippen LogP contribution is 2.15. The predicted molar refractivity (Wildman–Crippen MR) is 49.2 cm³/mol. The van der Waals surface area contributed by atoms with Crippen molar-refractivity contribution in [2.24, 2.45) is 5.73 Å². The molecule has 0 saturated carbocycles. The predicted octanol–water partition coefficient (Wildman–Crippen LogP) is 1.27. The summed E-state index contributed by atoms with van der Waals surface area (Å²) in [5, 5.41) is 8.41. The van der Waals surface area contributed by atoms with Gasteiger partial charge in [0.25, 0.3) is 0 Å². The molecule has 72 valence electrons. The molecule has 0 bridgehead atoms. The molecule has 4 N–H and O–H groups in total. The topological polar surface area (TPSA) is 79.1 Å². The standard InChI is InChI=1S/C9H14N2O2/c10-8(2-1-3-9(12)13)7-4-5-11-6-7/h4-6,8,11H,1-3,10H2,(H,12,13). The molecule has 0 amide bonds. The molecule has 1 atom stereocenters. The highest BCUT2D eigenvalue weighted by atomic mass is 16.4. The van der Waals surface area contributed by atoms with Gasteiger partial charge in [-0.05, 0) is 24.5 Å². The summed E-state index contributed by atoms with van der Waals surface area (Å²) in [5.74, 6) is -0.763. The van der Waals surface area contributed by atoms with Gasteiger partial charge in [-0.25, -0.2) is 0 Å². The second-order valence-corrected chi connectivity index (χ2v) is 3.04. The lowest BCUT2D eigenvalue weighted by Crippen LogP contribution is -2.09. The van der Waals surface area contributed by atoms with Crippen molar-refractivity contribution in [2.75, 3.05) is 0 Å². The number of hydrogen-bond acceptors (Lipinski definition) is 2. The molecule has 1 rings (SSSR count). The summed E-state index contributed by atoms with van der Waals surface area (Å²) >= 11 is 0. The molecule has 13 heavy (non-hydrogen) atoms. The van der Waals surface area contributed by atoms with Crippen LogP contribution in [-0.4, -0.2) is 16.1 Å². The van der Waals surface area contributed by atoms with Gasteiger partial charge in [0.05, 0.1) is 0 Å². The summed E-state index contributed by atoms with van der Waals surface area (Å²) < 4.78 is 0. The smallest absolute Gasteiger partial charge is 0.303 e. The van der Waals surface area contributed by atoms with Crippen molar-refractivity contribution in [3.05, 3.63) is 24.0 Å². The van der Waals surface area contributed by atoms with Crippen molar-refractivity contribution in [3.8, 4) is 0 Å². The number of carbonyl (C=O) groups is 1. The van der Waals surface area contributed by atoms with Crippen molar-refractivity contribution in [2.45, 2.75) is 25.3 Å². The van der Waals surface area contributed by atoms with Crippen LogP contribution in [0.5, 0.6) is 0 Å². The van der Waals surface area contributed by atoms with E-state index in [4.69, 9.17) is 10.8 Å². The Morgan fingerprint density at radius 3 is 3.00 bits per heavy atom. The highest BCUT2D eigenvalue weighted by molar-refractivity contribution is 5.66. The largest absolute Gasteiger partial charge is 0.481 e. The summed E-state index contributed by atoms with van der Waals surface area (Å²) in [6.45, 7) is 0. The minimum atomic E-state index is -0.763. The summed E-state index contributed by atoms with van der Waals surface area (Å²) in [4.78, 5) is 13.1. The fraction of sp³-hybridized carbons (Fsp3) is 0.444. The zero-order chi connectivity index (χ0) is 9.68. The Morgan fingerprint density at radius 1 is 1.69 bits per heavy atom. The maximum atomic E-state index is 10.2. The number of carboxylic acids is 1. The van der Waals surface area contributed by atoms with Gasteiger partial charge in [-0.15, -0.1) is 0 Å². The number of nitrogens with one attached hydrogen (secondary N) is 1. The number of H-pyrrole nitrogens is 1. The van der Waals surface area contributed by atoms with E-state index >= 15 is 0 Å². The molecule has 0 saturated heterocycles. The second-order valence-electron chi connectivity index (χ2n) is 3.04. The normalized spacial score (nSPS) is 12.7. The van der Waals surface area contributed by atoms with Gasteiger partial charge < -0.3 is 15.8 Å². The molecule has 0 spiro atoms. The molecule has 4 nitrogen and oxygen atoms in total. The van der Waals surface area contributed by atoms with E-state index in [9.17, 15) is 4.79 Å². The van der Waals surface area contributed by atoms with Gasteiger partial charge in [0.2, 0.25) is 0 Å². The Kier molecular flexibility index (Phi) is 3.52. The van der Waals surface area contributed by atoms with Crippen LogP contribution in [0.4, 0.5) is 0 Å². The van der Waals surface area contributed by atoms with Gasteiger partial charge in [-0.1, -0.05) is 0 Å². The van der Waals surface area contributed by atoms with Crippen molar-refractivity contribution < 1.29 is 9.90 Å². The van der Waals surface area contributed by atoms with Crippen LogP contribution in [-0.2, 0) is 4.79 Å². The average Bonchev–Trinajstić information content (AvgIpc) is 2.55. The summed E-state index contributed by atoms with van der Waals surface area (Å²) in [5.41, 5.74) is 6.85. The van der Waals surface area contributed by atoms with E-state index in [-0.39, 0.29) is 12.5 Å². The number of nitrogens with two attached hydrogens (primary N) is 1. The number of rotatable bonds is 5. The highest BCUT2D eigenvalue weighted by Gasteiger charge is 2.06. The Labute approximate surface area is 76.8 Å². The zero-order valence-electron chi connectivity index (χ0n) is 7.36. The Hall–Kier alpha value is -1.29. The number of hydrogen-bond donors (Lipinski definition) is 3. The van der Waals surface area contributed by atoms with E-state index in [0.29, 0.717) is 12.8 Å². The lowest BCUT2D eigenvalue weighted by atomic mass is 10.1. The van der Waals surface area contributed by atoms with Gasteiger partial charge in [0, 0.05) is 24.9 Å². The Balaban J connectivity index is 2.26. The van der Waals surface area contributed by atoms with Crippen molar-refractivity contribution in [3.63, 3.8) is 0 Å². The number of carboxylic acid groups (broad SMARTS) is 1. The first-order valence-corrected chi connectivity index (χ1v) is 4.30. The van der Waals surface area contributed by atoms with E-state index < -0.39 is 5.97 Å². The van der Waals surface area contributed by atoms with Gasteiger partial charge in [-0.3, -0.25) is 4.79 Å². The van der Waals surface area contributed by atoms with Gasteiger partial charge in [0.1, 0.15) is 0 Å². The third-order valence-electron chi connectivity index (χ3n) is 1.96. The van der Waals surface area contributed by atoms with Crippen molar-refractivity contribution in [1.29, 1.82) is 0 Å². The minimum absolute atomic E-state index is 0.0504. The van der Waals surface area contributed by atoms with E-state index in [1.165, 1.54) is 0 Å². The lowest BCUT2D eigenvalue weighted by Gasteiger charge is -2.07. The SMILES string of the molecule is NC(CCCC(=O)O)c1cc[nH]c1. The maximum Gasteiger partial charge on any atom is 0.303 e. The van der Waals surface area contributed by atoms with Gasteiger partial charge in [0.15, 0.2) is 0 Å². The monoisotopic (exact) mass is 182 g/mol. The molecule has 4 heteroatoms. The molecular weight excluding hydrogens is 168 g/mol. The number of aliphatic carboxylic acids is 1. The van der Waals surface area contributed by atoms with Crippen LogP contribution >= 0.6 is 0 Å². The fourth-order valence-corrected chi connectivity index (χ4v) is 1.21. The molecule has 0 radical (unpaired) electrons. The van der Waals surface area contributed by atoms with Crippen LogP contribution in [0.3, 0.4) is 0 Å². The van der Waals surface area contributed by atoms with Crippen LogP contribution in [0.25, 0.3) is 0 Å². The number of aromatic amines is 1. The fourth-order valence-electron chi connectivity index (χ4n) is 1.21. The van der Waals surface area contributed by atoms with Crippen LogP contribution in [0.1, 0.15) is 30.9 Å². The maximum absolute atomic E-state index is 10.2. The second kappa shape index (κ2) is 4.67. The quantitative estimate of drug-likeness (QED) is 0.641. The third-order valence-corrected chi connectivity index (χ3v) is 1.96. The molecular formula is C9H14N2O2.